The molecule has 3 aromatic rings. The zero-order chi connectivity index (χ0) is 18.5. The van der Waals surface area contributed by atoms with E-state index in [0.29, 0.717) is 0 Å². The van der Waals surface area contributed by atoms with Crippen LogP contribution in [0.15, 0.2) is 59.6 Å². The second-order valence-electron chi connectivity index (χ2n) is 5.91. The molecular weight excluding hydrogens is 349 g/mol. The molecule has 1 amide bonds. The van der Waals surface area contributed by atoms with Crippen LogP contribution < -0.4 is 5.32 Å². The van der Waals surface area contributed by atoms with E-state index < -0.39 is 11.7 Å². The number of anilines is 1. The van der Waals surface area contributed by atoms with Crippen molar-refractivity contribution >= 4 is 23.5 Å². The predicted octanol–water partition coefficient (Wildman–Crippen LogP) is 4.78. The number of aryl methyl sites for hydroxylation is 2. The lowest BCUT2D eigenvalue weighted by Gasteiger charge is -2.07. The fraction of sp³-hybridized carbons (Fsp3) is 0.150. The summed E-state index contributed by atoms with van der Waals surface area (Å²) < 4.78 is 13.6. The minimum atomic E-state index is -0.571. The Labute approximate surface area is 155 Å². The largest absolute Gasteiger partial charge is 0.305 e. The Kier molecular flexibility index (Phi) is 5.63. The fourth-order valence-electron chi connectivity index (χ4n) is 2.40. The Hall–Kier alpha value is -2.73. The van der Waals surface area contributed by atoms with E-state index in [1.54, 1.807) is 30.0 Å². The Morgan fingerprint density at radius 1 is 1.08 bits per heavy atom. The molecule has 26 heavy (non-hydrogen) atoms. The number of hydrogen-bond donors (Lipinski definition) is 1. The maximum Gasteiger partial charge on any atom is 0.259 e. The molecule has 0 aliphatic rings. The molecule has 1 heterocycles. The standard InChI is InChI=1S/C20H18FN3OS/c1-13-7-8-14(2)15(11-13)12-26-19-10-9-18(23-24-19)22-20(25)16-5-3-4-6-17(16)21/h3-11H,12H2,1-2H3,(H,22,23,25). The number of hydrogen-bond acceptors (Lipinski definition) is 4. The lowest BCUT2D eigenvalue weighted by Crippen LogP contribution is -2.14. The number of aromatic nitrogens is 2. The first-order valence-electron chi connectivity index (χ1n) is 8.11. The van der Waals surface area contributed by atoms with E-state index in [4.69, 9.17) is 0 Å². The Balaban J connectivity index is 1.62. The number of carbonyl (C=O) groups is 1. The van der Waals surface area contributed by atoms with Crippen LogP contribution in [0.2, 0.25) is 0 Å². The first kappa shape index (κ1) is 18.1. The van der Waals surface area contributed by atoms with Crippen molar-refractivity contribution in [3.8, 4) is 0 Å². The highest BCUT2D eigenvalue weighted by Crippen LogP contribution is 2.23. The first-order valence-corrected chi connectivity index (χ1v) is 9.10. The van der Waals surface area contributed by atoms with Gasteiger partial charge in [0.2, 0.25) is 0 Å². The second kappa shape index (κ2) is 8.10. The van der Waals surface area contributed by atoms with Gasteiger partial charge >= 0.3 is 0 Å². The average Bonchev–Trinajstić information content (AvgIpc) is 2.64. The van der Waals surface area contributed by atoms with Gasteiger partial charge in [0.05, 0.1) is 5.56 Å². The molecule has 0 saturated carbocycles. The summed E-state index contributed by atoms with van der Waals surface area (Å²) in [4.78, 5) is 12.1. The Morgan fingerprint density at radius 3 is 2.62 bits per heavy atom. The summed E-state index contributed by atoms with van der Waals surface area (Å²) >= 11 is 1.58. The molecule has 0 atom stereocenters. The summed E-state index contributed by atoms with van der Waals surface area (Å²) in [6, 6.07) is 15.6. The number of rotatable bonds is 5. The average molecular weight is 367 g/mol. The zero-order valence-corrected chi connectivity index (χ0v) is 15.3. The van der Waals surface area contributed by atoms with Crippen molar-refractivity contribution in [2.75, 3.05) is 5.32 Å². The van der Waals surface area contributed by atoms with Gasteiger partial charge in [-0.1, -0.05) is 47.7 Å². The first-order chi connectivity index (χ1) is 12.5. The van der Waals surface area contributed by atoms with Crippen molar-refractivity contribution in [3.05, 3.63) is 82.7 Å². The van der Waals surface area contributed by atoms with Crippen LogP contribution in [-0.2, 0) is 5.75 Å². The SMILES string of the molecule is Cc1ccc(C)c(CSc2ccc(NC(=O)c3ccccc3F)nn2)c1. The summed E-state index contributed by atoms with van der Waals surface area (Å²) in [5.74, 6) is -0.0375. The number of benzene rings is 2. The molecule has 0 bridgehead atoms. The number of halogens is 1. The van der Waals surface area contributed by atoms with Crippen LogP contribution in [0.3, 0.4) is 0 Å². The van der Waals surface area contributed by atoms with Crippen molar-refractivity contribution in [2.24, 2.45) is 0 Å². The number of nitrogens with zero attached hydrogens (tertiary/aromatic N) is 2. The van der Waals surface area contributed by atoms with E-state index in [-0.39, 0.29) is 11.4 Å². The molecule has 0 fully saturated rings. The summed E-state index contributed by atoms with van der Waals surface area (Å²) in [5, 5.41) is 11.4. The van der Waals surface area contributed by atoms with Gasteiger partial charge in [-0.05, 0) is 49.2 Å². The van der Waals surface area contributed by atoms with Gasteiger partial charge in [0.15, 0.2) is 5.82 Å². The monoisotopic (exact) mass is 367 g/mol. The normalized spacial score (nSPS) is 10.6. The van der Waals surface area contributed by atoms with Crippen LogP contribution in [0.5, 0.6) is 0 Å². The van der Waals surface area contributed by atoms with E-state index in [2.05, 4.69) is 47.6 Å². The molecule has 0 spiro atoms. The Bertz CT molecular complexity index is 929. The van der Waals surface area contributed by atoms with Crippen LogP contribution in [0.4, 0.5) is 10.2 Å². The van der Waals surface area contributed by atoms with Crippen molar-refractivity contribution < 1.29 is 9.18 Å². The van der Waals surface area contributed by atoms with Crippen molar-refractivity contribution in [1.82, 2.24) is 10.2 Å². The summed E-state index contributed by atoms with van der Waals surface area (Å²) in [6.45, 7) is 4.16. The highest BCUT2D eigenvalue weighted by molar-refractivity contribution is 7.98. The maximum atomic E-state index is 13.6. The van der Waals surface area contributed by atoms with Crippen LogP contribution in [0.25, 0.3) is 0 Å². The third-order valence-corrected chi connectivity index (χ3v) is 4.85. The number of nitrogens with one attached hydrogen (secondary N) is 1. The van der Waals surface area contributed by atoms with Gasteiger partial charge < -0.3 is 5.32 Å². The third-order valence-electron chi connectivity index (χ3n) is 3.88. The van der Waals surface area contributed by atoms with Gasteiger partial charge in [0.1, 0.15) is 10.8 Å². The highest BCUT2D eigenvalue weighted by atomic mass is 32.2. The summed E-state index contributed by atoms with van der Waals surface area (Å²) in [5.41, 5.74) is 3.70. The topological polar surface area (TPSA) is 54.9 Å². The molecule has 0 aliphatic heterocycles. The molecule has 0 radical (unpaired) electrons. The Morgan fingerprint density at radius 2 is 1.88 bits per heavy atom. The minimum absolute atomic E-state index is 0.0253. The summed E-state index contributed by atoms with van der Waals surface area (Å²) in [7, 11) is 0. The molecule has 0 saturated heterocycles. The lowest BCUT2D eigenvalue weighted by molar-refractivity contribution is 0.102. The number of thioether (sulfide) groups is 1. The lowest BCUT2D eigenvalue weighted by atomic mass is 10.1. The van der Waals surface area contributed by atoms with Crippen molar-refractivity contribution in [3.63, 3.8) is 0 Å². The van der Waals surface area contributed by atoms with Gasteiger partial charge in [0, 0.05) is 5.75 Å². The molecule has 4 nitrogen and oxygen atoms in total. The van der Waals surface area contributed by atoms with E-state index >= 15 is 0 Å². The number of amides is 1. The molecule has 0 unspecified atom stereocenters. The van der Waals surface area contributed by atoms with E-state index in [9.17, 15) is 9.18 Å². The predicted molar refractivity (Wildman–Crippen MR) is 102 cm³/mol. The molecular formula is C20H18FN3OS. The quantitative estimate of drug-likeness (QED) is 0.660. The van der Waals surface area contributed by atoms with Crippen molar-refractivity contribution in [1.29, 1.82) is 0 Å². The molecule has 0 aliphatic carbocycles. The van der Waals surface area contributed by atoms with Gasteiger partial charge in [-0.25, -0.2) is 4.39 Å². The fourth-order valence-corrected chi connectivity index (χ4v) is 3.28. The van der Waals surface area contributed by atoms with Crippen LogP contribution in [0.1, 0.15) is 27.0 Å². The van der Waals surface area contributed by atoms with Crippen LogP contribution >= 0.6 is 11.8 Å². The maximum absolute atomic E-state index is 13.6. The van der Waals surface area contributed by atoms with E-state index in [1.165, 1.54) is 34.9 Å². The molecule has 132 valence electrons. The van der Waals surface area contributed by atoms with Crippen LogP contribution in [-0.4, -0.2) is 16.1 Å². The van der Waals surface area contributed by atoms with Gasteiger partial charge in [-0.15, -0.1) is 10.2 Å². The second-order valence-corrected chi connectivity index (χ2v) is 6.91. The van der Waals surface area contributed by atoms with Crippen molar-refractivity contribution in [2.45, 2.75) is 24.6 Å². The summed E-state index contributed by atoms with van der Waals surface area (Å²) in [6.07, 6.45) is 0. The molecule has 6 heteroatoms. The third kappa shape index (κ3) is 4.46. The molecule has 1 aromatic heterocycles. The van der Waals surface area contributed by atoms with Crippen LogP contribution in [0, 0.1) is 19.7 Å². The van der Waals surface area contributed by atoms with E-state index in [1.807, 2.05) is 0 Å². The van der Waals surface area contributed by atoms with Gasteiger partial charge in [-0.2, -0.15) is 0 Å². The minimum Gasteiger partial charge on any atom is -0.305 e. The van der Waals surface area contributed by atoms with E-state index in [0.717, 1.165) is 10.8 Å². The zero-order valence-electron chi connectivity index (χ0n) is 14.5. The number of carbonyl (C=O) groups excluding carboxylic acids is 1. The molecule has 2 aromatic carbocycles. The highest BCUT2D eigenvalue weighted by Gasteiger charge is 2.12. The van der Waals surface area contributed by atoms with Gasteiger partial charge in [-0.3, -0.25) is 4.79 Å². The molecule has 3 rings (SSSR count). The molecule has 1 N–H and O–H groups in total. The smallest absolute Gasteiger partial charge is 0.259 e. The van der Waals surface area contributed by atoms with Gasteiger partial charge in [0.25, 0.3) is 5.91 Å².